The first-order chi connectivity index (χ1) is 10.0. The van der Waals surface area contributed by atoms with Crippen LogP contribution in [0.5, 0.6) is 0 Å². The van der Waals surface area contributed by atoms with E-state index in [1.165, 1.54) is 0 Å². The molecule has 5 nitrogen and oxygen atoms in total. The summed E-state index contributed by atoms with van der Waals surface area (Å²) in [6, 6.07) is 9.19. The number of nitrogens with one attached hydrogen (secondary N) is 1. The summed E-state index contributed by atoms with van der Waals surface area (Å²) < 4.78 is 0. The number of para-hydroxylation sites is 1. The van der Waals surface area contributed by atoms with E-state index in [-0.39, 0.29) is 11.5 Å². The summed E-state index contributed by atoms with van der Waals surface area (Å²) in [7, 11) is 0. The van der Waals surface area contributed by atoms with Crippen molar-refractivity contribution in [2.45, 2.75) is 26.7 Å². The molecule has 0 saturated carbocycles. The maximum Gasteiger partial charge on any atom is 0.259 e. The number of rotatable bonds is 2. The lowest BCUT2D eigenvalue weighted by atomic mass is 10.1. The maximum absolute atomic E-state index is 12.1. The molecule has 5 heteroatoms. The summed E-state index contributed by atoms with van der Waals surface area (Å²) in [4.78, 5) is 28.3. The van der Waals surface area contributed by atoms with Gasteiger partial charge in [-0.05, 0) is 31.0 Å². The summed E-state index contributed by atoms with van der Waals surface area (Å²) in [6.07, 6.45) is 0. The smallest absolute Gasteiger partial charge is 0.259 e. The van der Waals surface area contributed by atoms with Crippen molar-refractivity contribution in [3.8, 4) is 11.6 Å². The molecule has 3 aromatic rings. The molecule has 1 aromatic carbocycles. The van der Waals surface area contributed by atoms with Crippen LogP contribution in [0.2, 0.25) is 0 Å². The van der Waals surface area contributed by atoms with E-state index in [9.17, 15) is 4.79 Å². The van der Waals surface area contributed by atoms with Gasteiger partial charge in [0.2, 0.25) is 0 Å². The van der Waals surface area contributed by atoms with Gasteiger partial charge in [0, 0.05) is 11.4 Å². The van der Waals surface area contributed by atoms with E-state index in [1.807, 2.05) is 31.2 Å². The van der Waals surface area contributed by atoms with Crippen molar-refractivity contribution in [1.29, 1.82) is 0 Å². The molecular weight excluding hydrogens is 264 g/mol. The highest BCUT2D eigenvalue weighted by molar-refractivity contribution is 5.78. The van der Waals surface area contributed by atoms with Gasteiger partial charge < -0.3 is 4.98 Å². The van der Waals surface area contributed by atoms with Crippen molar-refractivity contribution in [1.82, 2.24) is 19.9 Å². The monoisotopic (exact) mass is 280 g/mol. The Labute approximate surface area is 122 Å². The van der Waals surface area contributed by atoms with E-state index in [0.717, 1.165) is 11.4 Å². The van der Waals surface area contributed by atoms with E-state index in [0.29, 0.717) is 22.6 Å². The lowest BCUT2D eigenvalue weighted by Crippen LogP contribution is -2.11. The second kappa shape index (κ2) is 5.09. The van der Waals surface area contributed by atoms with Gasteiger partial charge in [-0.25, -0.2) is 15.0 Å². The third kappa shape index (κ3) is 2.54. The van der Waals surface area contributed by atoms with Crippen LogP contribution in [0.3, 0.4) is 0 Å². The summed E-state index contributed by atoms with van der Waals surface area (Å²) >= 11 is 0. The van der Waals surface area contributed by atoms with Gasteiger partial charge in [0.1, 0.15) is 0 Å². The molecule has 0 aliphatic rings. The Balaban J connectivity index is 2.23. The van der Waals surface area contributed by atoms with Crippen LogP contribution in [0, 0.1) is 6.92 Å². The molecule has 106 valence electrons. The van der Waals surface area contributed by atoms with Crippen LogP contribution in [0.25, 0.3) is 22.6 Å². The maximum atomic E-state index is 12.1. The molecule has 0 spiro atoms. The lowest BCUT2D eigenvalue weighted by Gasteiger charge is -2.08. The van der Waals surface area contributed by atoms with Gasteiger partial charge in [-0.1, -0.05) is 26.0 Å². The van der Waals surface area contributed by atoms with Gasteiger partial charge in [0.05, 0.1) is 10.9 Å². The molecule has 0 fully saturated rings. The fourth-order valence-corrected chi connectivity index (χ4v) is 2.19. The second-order valence-electron chi connectivity index (χ2n) is 5.34. The zero-order valence-corrected chi connectivity index (χ0v) is 12.2. The Bertz CT molecular complexity index is 868. The van der Waals surface area contributed by atoms with Crippen molar-refractivity contribution in [2.75, 3.05) is 0 Å². The predicted octanol–water partition coefficient (Wildman–Crippen LogP) is 2.81. The predicted molar refractivity (Wildman–Crippen MR) is 82.2 cm³/mol. The average Bonchev–Trinajstić information content (AvgIpc) is 2.46. The largest absolute Gasteiger partial charge is 0.303 e. The molecule has 0 atom stereocenters. The van der Waals surface area contributed by atoms with Gasteiger partial charge in [-0.3, -0.25) is 4.79 Å². The van der Waals surface area contributed by atoms with Gasteiger partial charge in [0.15, 0.2) is 11.6 Å². The number of hydrogen-bond donors (Lipinski definition) is 1. The van der Waals surface area contributed by atoms with E-state index in [2.05, 4.69) is 33.8 Å². The first kappa shape index (κ1) is 13.4. The zero-order chi connectivity index (χ0) is 15.0. The molecule has 0 aliphatic carbocycles. The van der Waals surface area contributed by atoms with Gasteiger partial charge >= 0.3 is 0 Å². The van der Waals surface area contributed by atoms with Crippen LogP contribution in [-0.4, -0.2) is 19.9 Å². The number of benzene rings is 1. The van der Waals surface area contributed by atoms with E-state index >= 15 is 0 Å². The van der Waals surface area contributed by atoms with Crippen molar-refractivity contribution in [3.63, 3.8) is 0 Å². The molecule has 0 unspecified atom stereocenters. The van der Waals surface area contributed by atoms with E-state index in [1.54, 1.807) is 6.07 Å². The minimum absolute atomic E-state index is 0.174. The van der Waals surface area contributed by atoms with Gasteiger partial charge in [-0.2, -0.15) is 0 Å². The summed E-state index contributed by atoms with van der Waals surface area (Å²) in [5, 5.41) is 0.568. The fourth-order valence-electron chi connectivity index (χ4n) is 2.19. The molecule has 0 aliphatic heterocycles. The van der Waals surface area contributed by atoms with Crippen LogP contribution in [0.15, 0.2) is 35.1 Å². The minimum Gasteiger partial charge on any atom is -0.303 e. The topological polar surface area (TPSA) is 71.5 Å². The SMILES string of the molecule is Cc1cc(C(C)C)nc(-c2nc3ccccc3c(=O)[nH]2)n1. The lowest BCUT2D eigenvalue weighted by molar-refractivity contribution is 0.809. The average molecular weight is 280 g/mol. The standard InChI is InChI=1S/C16H16N4O/c1-9(2)13-8-10(3)17-14(19-13)15-18-12-7-5-4-6-11(12)16(21)20-15/h4-9H,1-3H3,(H,18,20,21). The molecule has 0 bridgehead atoms. The van der Waals surface area contributed by atoms with Crippen LogP contribution < -0.4 is 5.56 Å². The van der Waals surface area contributed by atoms with Crippen molar-refractivity contribution in [2.24, 2.45) is 0 Å². The highest BCUT2D eigenvalue weighted by Gasteiger charge is 2.11. The number of aromatic amines is 1. The second-order valence-corrected chi connectivity index (χ2v) is 5.34. The summed E-state index contributed by atoms with van der Waals surface area (Å²) in [5.41, 5.74) is 2.27. The minimum atomic E-state index is -0.174. The van der Waals surface area contributed by atoms with E-state index < -0.39 is 0 Å². The normalized spacial score (nSPS) is 11.2. The Morgan fingerprint density at radius 1 is 1.10 bits per heavy atom. The first-order valence-electron chi connectivity index (χ1n) is 6.89. The molecule has 21 heavy (non-hydrogen) atoms. The Morgan fingerprint density at radius 2 is 1.86 bits per heavy atom. The van der Waals surface area contributed by atoms with Crippen molar-refractivity contribution < 1.29 is 0 Å². The number of nitrogens with zero attached hydrogens (tertiary/aromatic N) is 3. The van der Waals surface area contributed by atoms with Crippen molar-refractivity contribution >= 4 is 10.9 Å². The third-order valence-electron chi connectivity index (χ3n) is 3.29. The third-order valence-corrected chi connectivity index (χ3v) is 3.29. The van der Waals surface area contributed by atoms with E-state index in [4.69, 9.17) is 0 Å². The Morgan fingerprint density at radius 3 is 2.62 bits per heavy atom. The van der Waals surface area contributed by atoms with Crippen LogP contribution >= 0.6 is 0 Å². The molecule has 0 radical (unpaired) electrons. The first-order valence-corrected chi connectivity index (χ1v) is 6.89. The fraction of sp³-hybridized carbons (Fsp3) is 0.250. The van der Waals surface area contributed by atoms with Crippen LogP contribution in [0.4, 0.5) is 0 Å². The van der Waals surface area contributed by atoms with Gasteiger partial charge in [0.25, 0.3) is 5.56 Å². The Hall–Kier alpha value is -2.56. The molecule has 1 N–H and O–H groups in total. The van der Waals surface area contributed by atoms with Crippen LogP contribution in [-0.2, 0) is 0 Å². The molecule has 2 heterocycles. The number of H-pyrrole nitrogens is 1. The molecule has 0 amide bonds. The highest BCUT2D eigenvalue weighted by Crippen LogP contribution is 2.17. The summed E-state index contributed by atoms with van der Waals surface area (Å²) in [6.45, 7) is 6.06. The Kier molecular flexibility index (Phi) is 3.25. The summed E-state index contributed by atoms with van der Waals surface area (Å²) in [5.74, 6) is 1.16. The number of aromatic nitrogens is 4. The number of aryl methyl sites for hydroxylation is 1. The molecule has 2 aromatic heterocycles. The number of fused-ring (bicyclic) bond motifs is 1. The zero-order valence-electron chi connectivity index (χ0n) is 12.2. The molecular formula is C16H16N4O. The quantitative estimate of drug-likeness (QED) is 0.783. The number of hydrogen-bond acceptors (Lipinski definition) is 4. The molecule has 0 saturated heterocycles. The molecule has 3 rings (SSSR count). The highest BCUT2D eigenvalue weighted by atomic mass is 16.1. The van der Waals surface area contributed by atoms with Crippen molar-refractivity contribution in [3.05, 3.63) is 52.1 Å². The van der Waals surface area contributed by atoms with Crippen LogP contribution in [0.1, 0.15) is 31.2 Å². The van der Waals surface area contributed by atoms with Gasteiger partial charge in [-0.15, -0.1) is 0 Å².